The predicted octanol–water partition coefficient (Wildman–Crippen LogP) is 4.34. The summed E-state index contributed by atoms with van der Waals surface area (Å²) >= 11 is 0. The van der Waals surface area contributed by atoms with Crippen LogP contribution in [0.5, 0.6) is 5.75 Å². The van der Waals surface area contributed by atoms with Crippen LogP contribution in [-0.2, 0) is 18.3 Å². The quantitative estimate of drug-likeness (QED) is 0.415. The van der Waals surface area contributed by atoms with E-state index in [9.17, 15) is 9.36 Å². The minimum atomic E-state index is -3.78. The fourth-order valence-electron chi connectivity index (χ4n) is 2.02. The highest BCUT2D eigenvalue weighted by molar-refractivity contribution is 7.58. The van der Waals surface area contributed by atoms with Gasteiger partial charge < -0.3 is 18.5 Å². The third kappa shape index (κ3) is 4.79. The van der Waals surface area contributed by atoms with E-state index in [1.165, 1.54) is 27.4 Å². The van der Waals surface area contributed by atoms with E-state index in [1.807, 2.05) is 0 Å². The summed E-state index contributed by atoms with van der Waals surface area (Å²) in [6, 6.07) is 15.3. The largest absolute Gasteiger partial charge is 0.497 e. The van der Waals surface area contributed by atoms with E-state index < -0.39 is 13.6 Å². The molecule has 0 unspecified atom stereocenters. The van der Waals surface area contributed by atoms with Crippen molar-refractivity contribution in [3.8, 4) is 5.75 Å². The van der Waals surface area contributed by atoms with Gasteiger partial charge in [-0.2, -0.15) is 0 Å². The summed E-state index contributed by atoms with van der Waals surface area (Å²) < 4.78 is 33.2. The first kappa shape index (κ1) is 18.9. The van der Waals surface area contributed by atoms with Gasteiger partial charge in [0.25, 0.3) is 0 Å². The summed E-state index contributed by atoms with van der Waals surface area (Å²) in [5.41, 5.74) is 0.724. The van der Waals surface area contributed by atoms with Gasteiger partial charge in [0.05, 0.1) is 12.7 Å². The van der Waals surface area contributed by atoms with Crippen molar-refractivity contribution in [2.24, 2.45) is 0 Å². The minimum absolute atomic E-state index is 0.209. The van der Waals surface area contributed by atoms with Crippen molar-refractivity contribution in [3.63, 3.8) is 0 Å². The second-order valence-electron chi connectivity index (χ2n) is 4.88. The highest BCUT2D eigenvalue weighted by Gasteiger charge is 2.32. The molecule has 0 amide bonds. The van der Waals surface area contributed by atoms with E-state index >= 15 is 0 Å². The maximum absolute atomic E-state index is 12.8. The molecule has 0 heterocycles. The summed E-state index contributed by atoms with van der Waals surface area (Å²) in [6.07, 6.45) is 1.43. The molecule has 0 bridgehead atoms. The molecule has 25 heavy (non-hydrogen) atoms. The van der Waals surface area contributed by atoms with E-state index in [0.29, 0.717) is 16.9 Å². The van der Waals surface area contributed by atoms with Gasteiger partial charge in [0.2, 0.25) is 5.50 Å². The standard InChI is InChI=1S/C18H19O6P/c1-21-16-11-7-8-14(12-16)13-17(25(20,22-2)23-3)24-18(19)15-9-5-4-6-10-15/h4-13H,1-3H3/b17-13-. The summed E-state index contributed by atoms with van der Waals surface area (Å²) in [7, 11) is 0.203. The molecule has 2 aromatic rings. The van der Waals surface area contributed by atoms with Crippen molar-refractivity contribution in [2.75, 3.05) is 21.3 Å². The molecule has 2 rings (SSSR count). The van der Waals surface area contributed by atoms with Gasteiger partial charge in [-0.25, -0.2) is 4.79 Å². The normalized spacial score (nSPS) is 11.9. The molecule has 6 nitrogen and oxygen atoms in total. The molecule has 0 spiro atoms. The first-order valence-electron chi connectivity index (χ1n) is 7.37. The third-order valence-corrected chi connectivity index (χ3v) is 5.06. The second-order valence-corrected chi connectivity index (χ2v) is 7.04. The Morgan fingerprint density at radius 1 is 0.960 bits per heavy atom. The van der Waals surface area contributed by atoms with Crippen molar-refractivity contribution in [1.82, 2.24) is 0 Å². The molecule has 0 aliphatic heterocycles. The number of rotatable bonds is 7. The third-order valence-electron chi connectivity index (χ3n) is 3.34. The van der Waals surface area contributed by atoms with Crippen LogP contribution in [0.25, 0.3) is 6.08 Å². The van der Waals surface area contributed by atoms with Crippen LogP contribution >= 0.6 is 7.60 Å². The van der Waals surface area contributed by atoms with Gasteiger partial charge >= 0.3 is 13.6 Å². The highest BCUT2D eigenvalue weighted by Crippen LogP contribution is 2.56. The van der Waals surface area contributed by atoms with Gasteiger partial charge in [-0.05, 0) is 35.9 Å². The lowest BCUT2D eigenvalue weighted by atomic mass is 10.2. The molecule has 0 fully saturated rings. The Kier molecular flexibility index (Phi) is 6.53. The van der Waals surface area contributed by atoms with Crippen LogP contribution < -0.4 is 4.74 Å². The smallest absolute Gasteiger partial charge is 0.395 e. The lowest BCUT2D eigenvalue weighted by Gasteiger charge is -2.17. The number of hydrogen-bond acceptors (Lipinski definition) is 6. The van der Waals surface area contributed by atoms with Crippen LogP contribution in [-0.4, -0.2) is 27.3 Å². The first-order valence-corrected chi connectivity index (χ1v) is 8.91. The van der Waals surface area contributed by atoms with Crippen LogP contribution in [0.1, 0.15) is 15.9 Å². The fraction of sp³-hybridized carbons (Fsp3) is 0.167. The highest BCUT2D eigenvalue weighted by atomic mass is 31.2. The number of benzene rings is 2. The Balaban J connectivity index is 2.41. The maximum Gasteiger partial charge on any atom is 0.395 e. The van der Waals surface area contributed by atoms with Crippen molar-refractivity contribution >= 4 is 19.6 Å². The first-order chi connectivity index (χ1) is 12.0. The number of esters is 1. The molecule has 0 aliphatic rings. The lowest BCUT2D eigenvalue weighted by molar-refractivity contribution is 0.0635. The van der Waals surface area contributed by atoms with Crippen LogP contribution in [0.15, 0.2) is 60.1 Å². The summed E-state index contributed by atoms with van der Waals surface area (Å²) in [6.45, 7) is 0. The minimum Gasteiger partial charge on any atom is -0.497 e. The molecule has 132 valence electrons. The van der Waals surface area contributed by atoms with Crippen LogP contribution in [0.3, 0.4) is 0 Å². The molecule has 0 atom stereocenters. The fourth-order valence-corrected chi connectivity index (χ4v) is 3.03. The number of carbonyl (C=O) groups excluding carboxylic acids is 1. The zero-order chi connectivity index (χ0) is 18.3. The molecule has 7 heteroatoms. The summed E-state index contributed by atoms with van der Waals surface area (Å²) in [4.78, 5) is 12.3. The molecule has 0 radical (unpaired) electrons. The molecule has 0 N–H and O–H groups in total. The van der Waals surface area contributed by atoms with Gasteiger partial charge in [0.1, 0.15) is 5.75 Å². The maximum atomic E-state index is 12.8. The Hall–Kier alpha value is -2.40. The predicted molar refractivity (Wildman–Crippen MR) is 94.5 cm³/mol. The average Bonchev–Trinajstić information content (AvgIpc) is 2.67. The molecule has 0 saturated carbocycles. The molecule has 0 saturated heterocycles. The zero-order valence-corrected chi connectivity index (χ0v) is 15.1. The van der Waals surface area contributed by atoms with E-state index in [2.05, 4.69) is 0 Å². The van der Waals surface area contributed by atoms with E-state index in [0.717, 1.165) is 0 Å². The molecule has 0 aliphatic carbocycles. The Morgan fingerprint density at radius 2 is 1.64 bits per heavy atom. The lowest BCUT2D eigenvalue weighted by Crippen LogP contribution is -2.07. The van der Waals surface area contributed by atoms with E-state index in [-0.39, 0.29) is 5.50 Å². The number of methoxy groups -OCH3 is 1. The summed E-state index contributed by atoms with van der Waals surface area (Å²) in [5, 5.41) is 0. The van der Waals surface area contributed by atoms with Gasteiger partial charge in [0.15, 0.2) is 0 Å². The van der Waals surface area contributed by atoms with Crippen molar-refractivity contribution < 1.29 is 27.9 Å². The Bertz CT molecular complexity index is 792. The van der Waals surface area contributed by atoms with E-state index in [4.69, 9.17) is 18.5 Å². The topological polar surface area (TPSA) is 71.1 Å². The monoisotopic (exact) mass is 362 g/mol. The molecule has 0 aromatic heterocycles. The number of carbonyl (C=O) groups is 1. The Labute approximate surface area is 146 Å². The van der Waals surface area contributed by atoms with Crippen molar-refractivity contribution in [3.05, 3.63) is 71.2 Å². The van der Waals surface area contributed by atoms with Crippen LogP contribution in [0.2, 0.25) is 0 Å². The van der Waals surface area contributed by atoms with Crippen molar-refractivity contribution in [1.29, 1.82) is 0 Å². The van der Waals surface area contributed by atoms with Crippen LogP contribution in [0.4, 0.5) is 0 Å². The van der Waals surface area contributed by atoms with Gasteiger partial charge in [-0.3, -0.25) is 4.57 Å². The zero-order valence-electron chi connectivity index (χ0n) is 14.2. The van der Waals surface area contributed by atoms with Gasteiger partial charge in [0, 0.05) is 14.2 Å². The van der Waals surface area contributed by atoms with Gasteiger partial charge in [-0.15, -0.1) is 0 Å². The average molecular weight is 362 g/mol. The van der Waals surface area contributed by atoms with Gasteiger partial charge in [-0.1, -0.05) is 30.3 Å². The molecular weight excluding hydrogens is 343 g/mol. The van der Waals surface area contributed by atoms with E-state index in [1.54, 1.807) is 54.6 Å². The molecular formula is C18H19O6P. The van der Waals surface area contributed by atoms with Crippen LogP contribution in [0, 0.1) is 0 Å². The number of ether oxygens (including phenoxy) is 2. The number of hydrogen-bond donors (Lipinski definition) is 0. The summed E-state index contributed by atoms with van der Waals surface area (Å²) in [5.74, 6) is -0.0591. The molecule has 2 aromatic carbocycles. The Morgan fingerprint density at radius 3 is 2.24 bits per heavy atom. The SMILES string of the molecule is COc1cccc(/C=C(/OC(=O)c2ccccc2)P(=O)(OC)OC)c1. The second kappa shape index (κ2) is 8.62. The van der Waals surface area contributed by atoms with Crippen molar-refractivity contribution in [2.45, 2.75) is 0 Å².